The Morgan fingerprint density at radius 2 is 1.56 bits per heavy atom. The van der Waals surface area contributed by atoms with Gasteiger partial charge in [-0.15, -0.1) is 0 Å². The fourth-order valence-corrected chi connectivity index (χ4v) is 3.21. The van der Waals surface area contributed by atoms with Gasteiger partial charge in [-0.05, 0) is 28.4 Å². The minimum atomic E-state index is -2.20. The predicted octanol–water partition coefficient (Wildman–Crippen LogP) is 3.28. The minimum Gasteiger partial charge on any atom is -0.423 e. The van der Waals surface area contributed by atoms with Crippen LogP contribution < -0.4 is 5.46 Å². The maximum Gasteiger partial charge on any atom is 0.489 e. The van der Waals surface area contributed by atoms with Crippen molar-refractivity contribution < 1.29 is 18.3 Å². The number of nitrogens with zero attached hydrogens (tertiary/aromatic N) is 2. The molecule has 5 heteroatoms. The Morgan fingerprint density at radius 1 is 0.815 bits per heavy atom. The molecule has 2 aromatic heterocycles. The van der Waals surface area contributed by atoms with Gasteiger partial charge in [0.05, 0.1) is 25.0 Å². The Hall–Kier alpha value is -3.28. The van der Waals surface area contributed by atoms with Gasteiger partial charge in [0.25, 0.3) is 0 Å². The van der Waals surface area contributed by atoms with Crippen molar-refractivity contribution in [2.75, 3.05) is 0 Å². The molecule has 5 rings (SSSR count). The molecule has 0 bridgehead atoms. The first-order valence-electron chi connectivity index (χ1n) is 11.3. The largest absolute Gasteiger partial charge is 0.489 e. The third-order valence-corrected chi connectivity index (χ3v) is 4.48. The lowest BCUT2D eigenvalue weighted by Gasteiger charge is -2.11. The minimum absolute atomic E-state index is 0.0150. The highest BCUT2D eigenvalue weighted by Crippen LogP contribution is 2.30. The SMILES string of the molecule is [2H]c1c([2H])c([2H])c2c(-c3ccc4ccc5cccnc5c4n3)c([2H])c([2H])c(B(O)O)c2c1[2H]. The molecular weight excluding hydrogens is 335 g/mol. The van der Waals surface area contributed by atoms with E-state index in [1.165, 1.54) is 0 Å². The molecule has 0 unspecified atom stereocenters. The van der Waals surface area contributed by atoms with E-state index in [1.807, 2.05) is 18.2 Å². The van der Waals surface area contributed by atoms with Crippen molar-refractivity contribution in [2.24, 2.45) is 0 Å². The van der Waals surface area contributed by atoms with Crippen LogP contribution in [0.1, 0.15) is 8.22 Å². The molecule has 0 aliphatic rings. The van der Waals surface area contributed by atoms with Crippen LogP contribution in [-0.2, 0) is 0 Å². The number of aromatic nitrogens is 2. The van der Waals surface area contributed by atoms with Gasteiger partial charge in [0.1, 0.15) is 0 Å². The summed E-state index contributed by atoms with van der Waals surface area (Å²) in [6, 6.07) is 7.82. The number of pyridine rings is 2. The second kappa shape index (κ2) is 6.16. The zero-order valence-electron chi connectivity index (χ0n) is 19.9. The highest BCUT2D eigenvalue weighted by atomic mass is 16.4. The molecule has 0 spiro atoms. The van der Waals surface area contributed by atoms with Crippen molar-refractivity contribution in [3.8, 4) is 11.3 Å². The molecule has 0 saturated heterocycles. The number of hydrogen-bond donors (Lipinski definition) is 2. The summed E-state index contributed by atoms with van der Waals surface area (Å²) in [7, 11) is -2.20. The van der Waals surface area contributed by atoms with Gasteiger partial charge in [-0.2, -0.15) is 0 Å². The quantitative estimate of drug-likeness (QED) is 0.376. The van der Waals surface area contributed by atoms with Crippen LogP contribution in [0.15, 0.2) is 78.8 Å². The highest BCUT2D eigenvalue weighted by molar-refractivity contribution is 6.62. The van der Waals surface area contributed by atoms with E-state index in [4.69, 9.17) is 8.22 Å². The second-order valence-corrected chi connectivity index (χ2v) is 6.07. The van der Waals surface area contributed by atoms with Gasteiger partial charge >= 0.3 is 7.12 Å². The smallest absolute Gasteiger partial charge is 0.423 e. The summed E-state index contributed by atoms with van der Waals surface area (Å²) in [5, 5.41) is 21.1. The maximum atomic E-state index is 9.90. The molecular formula is C22H15BN2O2. The van der Waals surface area contributed by atoms with E-state index < -0.39 is 48.8 Å². The monoisotopic (exact) mass is 356 g/mol. The Morgan fingerprint density at radius 3 is 2.37 bits per heavy atom. The maximum absolute atomic E-state index is 9.90. The van der Waals surface area contributed by atoms with Gasteiger partial charge < -0.3 is 10.0 Å². The van der Waals surface area contributed by atoms with Gasteiger partial charge in [-0.1, -0.05) is 60.5 Å². The molecule has 0 fully saturated rings. The molecule has 0 saturated carbocycles. The van der Waals surface area contributed by atoms with Crippen LogP contribution in [-0.4, -0.2) is 27.1 Å². The predicted molar refractivity (Wildman–Crippen MR) is 110 cm³/mol. The zero-order chi connectivity index (χ0) is 23.6. The average Bonchev–Trinajstić information content (AvgIpc) is 2.81. The normalized spacial score (nSPS) is 14.4. The van der Waals surface area contributed by atoms with Crippen molar-refractivity contribution in [3.63, 3.8) is 0 Å². The highest BCUT2D eigenvalue weighted by Gasteiger charge is 2.17. The summed E-state index contributed by atoms with van der Waals surface area (Å²) >= 11 is 0. The van der Waals surface area contributed by atoms with E-state index in [0.29, 0.717) is 11.0 Å². The third kappa shape index (κ3) is 2.56. The average molecular weight is 356 g/mol. The molecule has 128 valence electrons. The van der Waals surface area contributed by atoms with E-state index in [9.17, 15) is 10.0 Å². The number of benzene rings is 3. The first kappa shape index (κ1) is 10.8. The van der Waals surface area contributed by atoms with Crippen molar-refractivity contribution in [1.29, 1.82) is 0 Å². The molecule has 5 aromatic rings. The van der Waals surface area contributed by atoms with Crippen molar-refractivity contribution >= 4 is 45.2 Å². The van der Waals surface area contributed by atoms with Crippen LogP contribution >= 0.6 is 0 Å². The first-order valence-corrected chi connectivity index (χ1v) is 8.26. The van der Waals surface area contributed by atoms with Crippen LogP contribution in [0.25, 0.3) is 43.8 Å². The molecule has 4 nitrogen and oxygen atoms in total. The van der Waals surface area contributed by atoms with Crippen LogP contribution in [0.2, 0.25) is 0 Å². The topological polar surface area (TPSA) is 66.2 Å². The van der Waals surface area contributed by atoms with E-state index in [1.54, 1.807) is 24.4 Å². The first-order chi connectivity index (χ1) is 15.7. The van der Waals surface area contributed by atoms with Gasteiger partial charge in [-0.3, -0.25) is 4.98 Å². The fourth-order valence-electron chi connectivity index (χ4n) is 3.21. The number of fused-ring (bicyclic) bond motifs is 4. The Labute approximate surface area is 164 Å². The molecule has 3 aromatic carbocycles. The Kier molecular flexibility index (Phi) is 2.46. The molecule has 2 N–H and O–H groups in total. The van der Waals surface area contributed by atoms with Crippen LogP contribution in [0.3, 0.4) is 0 Å². The van der Waals surface area contributed by atoms with Crippen LogP contribution in [0, 0.1) is 0 Å². The van der Waals surface area contributed by atoms with E-state index in [2.05, 4.69) is 9.97 Å². The van der Waals surface area contributed by atoms with Crippen LogP contribution in [0.5, 0.6) is 0 Å². The lowest BCUT2D eigenvalue weighted by atomic mass is 9.76. The number of hydrogen-bond acceptors (Lipinski definition) is 4. The molecule has 0 amide bonds. The standard InChI is InChI=1S/C22H15BN2O2/c26-23(27)19-11-10-18(16-5-1-2-6-17(16)19)20-12-9-15-8-7-14-4-3-13-24-21(14)22(15)25-20/h1-13,26-27H/i1D,2D,5D,6D,10D,11D. The second-order valence-electron chi connectivity index (χ2n) is 6.07. The van der Waals surface area contributed by atoms with Crippen LogP contribution in [0.4, 0.5) is 0 Å². The van der Waals surface area contributed by atoms with E-state index in [-0.39, 0.29) is 22.0 Å². The van der Waals surface area contributed by atoms with Crippen molar-refractivity contribution in [1.82, 2.24) is 9.97 Å². The lowest BCUT2D eigenvalue weighted by Crippen LogP contribution is -2.30. The Balaban J connectivity index is 1.99. The molecule has 0 atom stereocenters. The zero-order valence-corrected chi connectivity index (χ0v) is 13.9. The van der Waals surface area contributed by atoms with Crippen molar-refractivity contribution in [3.05, 3.63) is 78.8 Å². The summed E-state index contributed by atoms with van der Waals surface area (Å²) in [5.74, 6) is 0. The molecule has 27 heavy (non-hydrogen) atoms. The summed E-state index contributed by atoms with van der Waals surface area (Å²) in [6.45, 7) is 0. The summed E-state index contributed by atoms with van der Waals surface area (Å²) in [5.41, 5.74) is 0.952. The van der Waals surface area contributed by atoms with E-state index >= 15 is 0 Å². The molecule has 0 aliphatic carbocycles. The number of rotatable bonds is 2. The summed E-state index contributed by atoms with van der Waals surface area (Å²) in [4.78, 5) is 9.09. The third-order valence-electron chi connectivity index (χ3n) is 4.48. The molecule has 0 aliphatic heterocycles. The van der Waals surface area contributed by atoms with Gasteiger partial charge in [0.2, 0.25) is 0 Å². The van der Waals surface area contributed by atoms with Crippen molar-refractivity contribution in [2.45, 2.75) is 0 Å². The molecule has 0 radical (unpaired) electrons. The molecule has 2 heterocycles. The fraction of sp³-hybridized carbons (Fsp3) is 0. The lowest BCUT2D eigenvalue weighted by molar-refractivity contribution is 0.426. The summed E-state index contributed by atoms with van der Waals surface area (Å²) < 4.78 is 49.9. The summed E-state index contributed by atoms with van der Waals surface area (Å²) in [6.07, 6.45) is 1.64. The van der Waals surface area contributed by atoms with Gasteiger partial charge in [-0.25, -0.2) is 4.98 Å². The van der Waals surface area contributed by atoms with Gasteiger partial charge in [0, 0.05) is 22.5 Å². The van der Waals surface area contributed by atoms with Gasteiger partial charge in [0.15, 0.2) is 0 Å². The Bertz CT molecular complexity index is 1630. The van der Waals surface area contributed by atoms with E-state index in [0.717, 1.165) is 10.8 Å².